The number of aromatic nitrogens is 3. The lowest BCUT2D eigenvalue weighted by Gasteiger charge is -2.20. The Morgan fingerprint density at radius 2 is 2.26 bits per heavy atom. The summed E-state index contributed by atoms with van der Waals surface area (Å²) in [5, 5.41) is 3.39. The first kappa shape index (κ1) is 19.9. The van der Waals surface area contributed by atoms with E-state index in [2.05, 4.69) is 29.1 Å². The molecule has 2 heterocycles. The first-order chi connectivity index (χ1) is 13.1. The normalized spacial score (nSPS) is 16.3. The van der Waals surface area contributed by atoms with E-state index >= 15 is 0 Å². The van der Waals surface area contributed by atoms with Crippen molar-refractivity contribution in [1.29, 1.82) is 0 Å². The molecule has 6 nitrogen and oxygen atoms in total. The fraction of sp³-hybridized carbons (Fsp3) is 0.600. The number of rotatable bonds is 8. The van der Waals surface area contributed by atoms with Gasteiger partial charge in [-0.25, -0.2) is 9.97 Å². The highest BCUT2D eigenvalue weighted by Crippen LogP contribution is 2.25. The van der Waals surface area contributed by atoms with Crippen LogP contribution in [0.4, 0.5) is 0 Å². The molecule has 1 atom stereocenters. The largest absolute Gasteiger partial charge is 0.355 e. The zero-order valence-electron chi connectivity index (χ0n) is 16.2. The maximum absolute atomic E-state index is 12.8. The lowest BCUT2D eigenvalue weighted by Crippen LogP contribution is -2.33. The smallest absolute Gasteiger partial charge is 0.263 e. The molecule has 3 rings (SSSR count). The number of aryl methyl sites for hydroxylation is 1. The van der Waals surface area contributed by atoms with Gasteiger partial charge in [-0.15, -0.1) is 0 Å². The van der Waals surface area contributed by atoms with Gasteiger partial charge in [-0.1, -0.05) is 13.8 Å². The molecule has 0 aromatic carbocycles. The highest BCUT2D eigenvalue weighted by Gasteiger charge is 2.19. The number of hydrogen-bond donors (Lipinski definition) is 1. The van der Waals surface area contributed by atoms with Gasteiger partial charge in [0, 0.05) is 12.2 Å². The lowest BCUT2D eigenvalue weighted by atomic mass is 9.87. The van der Waals surface area contributed by atoms with Crippen LogP contribution < -0.4 is 10.9 Å². The Balaban J connectivity index is 1.66. The second kappa shape index (κ2) is 9.35. The fourth-order valence-electron chi connectivity index (χ4n) is 3.39. The van der Waals surface area contributed by atoms with Gasteiger partial charge in [0.15, 0.2) is 5.65 Å². The van der Waals surface area contributed by atoms with Crippen molar-refractivity contribution in [3.63, 3.8) is 0 Å². The molecule has 1 amide bonds. The molecule has 0 unspecified atom stereocenters. The summed E-state index contributed by atoms with van der Waals surface area (Å²) in [5.41, 5.74) is 2.50. The van der Waals surface area contributed by atoms with E-state index in [0.717, 1.165) is 48.4 Å². The van der Waals surface area contributed by atoms with Crippen LogP contribution in [0.25, 0.3) is 11.0 Å². The number of carbonyl (C=O) groups is 1. The van der Waals surface area contributed by atoms with Crippen molar-refractivity contribution in [2.24, 2.45) is 5.92 Å². The van der Waals surface area contributed by atoms with Crippen LogP contribution in [0, 0.1) is 5.92 Å². The van der Waals surface area contributed by atoms with Crippen LogP contribution in [0.3, 0.4) is 0 Å². The van der Waals surface area contributed by atoms with Crippen molar-refractivity contribution in [1.82, 2.24) is 19.9 Å². The molecule has 2 aromatic heterocycles. The predicted octanol–water partition coefficient (Wildman–Crippen LogP) is 2.57. The van der Waals surface area contributed by atoms with Gasteiger partial charge in [-0.3, -0.25) is 14.2 Å². The molecule has 146 valence electrons. The van der Waals surface area contributed by atoms with Gasteiger partial charge in [-0.05, 0) is 61.2 Å². The minimum absolute atomic E-state index is 0.00262. The maximum Gasteiger partial charge on any atom is 0.263 e. The fourth-order valence-corrected chi connectivity index (χ4v) is 4.24. The number of thioether (sulfide) groups is 1. The number of nitrogens with one attached hydrogen (secondary N) is 1. The van der Waals surface area contributed by atoms with Crippen molar-refractivity contribution < 1.29 is 4.79 Å². The molecule has 0 radical (unpaired) electrons. The number of hydrogen-bond acceptors (Lipinski definition) is 5. The number of amides is 1. The third-order valence-electron chi connectivity index (χ3n) is 4.87. The summed E-state index contributed by atoms with van der Waals surface area (Å²) in [6, 6.07) is 1.93. The van der Waals surface area contributed by atoms with Crippen LogP contribution in [0.2, 0.25) is 0 Å². The summed E-state index contributed by atoms with van der Waals surface area (Å²) in [7, 11) is 0. The molecule has 0 spiro atoms. The molecule has 1 N–H and O–H groups in total. The zero-order valence-corrected chi connectivity index (χ0v) is 17.0. The van der Waals surface area contributed by atoms with E-state index in [-0.39, 0.29) is 18.0 Å². The summed E-state index contributed by atoms with van der Waals surface area (Å²) in [6.07, 6.45) is 6.56. The van der Waals surface area contributed by atoms with E-state index in [1.807, 2.05) is 17.8 Å². The van der Waals surface area contributed by atoms with Gasteiger partial charge in [0.1, 0.15) is 12.9 Å². The van der Waals surface area contributed by atoms with Crippen LogP contribution in [-0.2, 0) is 24.2 Å². The molecular weight excluding hydrogens is 360 g/mol. The van der Waals surface area contributed by atoms with Crippen molar-refractivity contribution in [3.05, 3.63) is 34.0 Å². The maximum atomic E-state index is 12.8. The van der Waals surface area contributed by atoms with Crippen LogP contribution in [-0.4, -0.2) is 38.5 Å². The van der Waals surface area contributed by atoms with Crippen LogP contribution in [0.1, 0.15) is 44.4 Å². The first-order valence-corrected chi connectivity index (χ1v) is 11.0. The molecule has 0 aliphatic heterocycles. The van der Waals surface area contributed by atoms with Crippen LogP contribution in [0.15, 0.2) is 17.2 Å². The van der Waals surface area contributed by atoms with Gasteiger partial charge in [0.25, 0.3) is 5.56 Å². The summed E-state index contributed by atoms with van der Waals surface area (Å²) in [5.74, 6) is 2.65. The van der Waals surface area contributed by atoms with E-state index in [1.165, 1.54) is 17.3 Å². The van der Waals surface area contributed by atoms with Crippen molar-refractivity contribution in [3.8, 4) is 0 Å². The van der Waals surface area contributed by atoms with Gasteiger partial charge in [-0.2, -0.15) is 11.8 Å². The Morgan fingerprint density at radius 1 is 1.41 bits per heavy atom. The van der Waals surface area contributed by atoms with E-state index in [9.17, 15) is 9.59 Å². The van der Waals surface area contributed by atoms with Gasteiger partial charge < -0.3 is 5.32 Å². The third-order valence-corrected chi connectivity index (χ3v) is 6.15. The van der Waals surface area contributed by atoms with Gasteiger partial charge in [0.2, 0.25) is 5.91 Å². The van der Waals surface area contributed by atoms with Crippen molar-refractivity contribution in [2.45, 2.75) is 52.5 Å². The Hall–Kier alpha value is -1.89. The van der Waals surface area contributed by atoms with E-state index < -0.39 is 0 Å². The Bertz CT molecular complexity index is 865. The van der Waals surface area contributed by atoms with Crippen molar-refractivity contribution in [2.75, 3.05) is 18.1 Å². The van der Waals surface area contributed by atoms with Crippen molar-refractivity contribution >= 4 is 28.7 Å². The topological polar surface area (TPSA) is 76.9 Å². The quantitative estimate of drug-likeness (QED) is 0.704. The monoisotopic (exact) mass is 388 g/mol. The Kier molecular flexibility index (Phi) is 6.88. The third kappa shape index (κ3) is 5.09. The number of pyridine rings is 1. The molecule has 27 heavy (non-hydrogen) atoms. The first-order valence-electron chi connectivity index (χ1n) is 9.81. The molecule has 0 bridgehead atoms. The molecule has 0 fully saturated rings. The summed E-state index contributed by atoms with van der Waals surface area (Å²) >= 11 is 1.90. The molecule has 0 saturated carbocycles. The summed E-state index contributed by atoms with van der Waals surface area (Å²) in [4.78, 5) is 33.8. The molecule has 7 heteroatoms. The van der Waals surface area contributed by atoms with E-state index in [0.29, 0.717) is 23.5 Å². The number of fused-ring (bicyclic) bond motifs is 2. The number of carbonyl (C=O) groups excluding carboxylic acids is 1. The highest BCUT2D eigenvalue weighted by atomic mass is 32.2. The molecular formula is C20H28N4O2S. The summed E-state index contributed by atoms with van der Waals surface area (Å²) < 4.78 is 1.38. The molecule has 0 saturated heterocycles. The minimum Gasteiger partial charge on any atom is -0.355 e. The van der Waals surface area contributed by atoms with E-state index in [4.69, 9.17) is 0 Å². The average Bonchev–Trinajstić information content (AvgIpc) is 2.66. The highest BCUT2D eigenvalue weighted by molar-refractivity contribution is 7.99. The van der Waals surface area contributed by atoms with E-state index in [1.54, 1.807) is 0 Å². The SMILES string of the molecule is CCCSCCCNC(=O)Cn1cnc2nc3c(cc2c1=O)C[C@H](C)CC3. The standard InChI is InChI=1S/C20H28N4O2S/c1-3-8-27-9-4-7-21-18(25)12-24-13-22-19-16(20(24)26)11-15-10-14(2)5-6-17(15)23-19/h11,13-14H,3-10,12H2,1-2H3,(H,21,25)/t14-/m1/s1. The molecule has 1 aliphatic carbocycles. The molecule has 1 aliphatic rings. The number of nitrogens with zero attached hydrogens (tertiary/aromatic N) is 3. The Morgan fingerprint density at radius 3 is 3.07 bits per heavy atom. The van der Waals surface area contributed by atoms with Crippen LogP contribution >= 0.6 is 11.8 Å². The zero-order chi connectivity index (χ0) is 19.2. The van der Waals surface area contributed by atoms with Gasteiger partial charge >= 0.3 is 0 Å². The predicted molar refractivity (Wildman–Crippen MR) is 110 cm³/mol. The average molecular weight is 389 g/mol. The van der Waals surface area contributed by atoms with Gasteiger partial charge in [0.05, 0.1) is 5.39 Å². The Labute approximate surface area is 164 Å². The summed E-state index contributed by atoms with van der Waals surface area (Å²) in [6.45, 7) is 5.02. The second-order valence-electron chi connectivity index (χ2n) is 7.31. The van der Waals surface area contributed by atoms with Crippen LogP contribution in [0.5, 0.6) is 0 Å². The minimum atomic E-state index is -0.192. The second-order valence-corrected chi connectivity index (χ2v) is 8.53. The molecule has 2 aromatic rings. The lowest BCUT2D eigenvalue weighted by molar-refractivity contribution is -0.121.